The smallest absolute Gasteiger partial charge is 0.166 e. The van der Waals surface area contributed by atoms with Crippen molar-refractivity contribution in [1.82, 2.24) is 0 Å². The first-order chi connectivity index (χ1) is 15.0. The first kappa shape index (κ1) is 21.9. The maximum absolute atomic E-state index is 15.1. The first-order valence-corrected chi connectivity index (χ1v) is 11.5. The second kappa shape index (κ2) is 9.46. The maximum Gasteiger partial charge on any atom is 0.166 e. The Balaban J connectivity index is 1.54. The molecule has 164 valence electrons. The van der Waals surface area contributed by atoms with Gasteiger partial charge in [0.15, 0.2) is 11.6 Å². The van der Waals surface area contributed by atoms with E-state index in [-0.39, 0.29) is 11.5 Å². The SMILES string of the molecule is C=CCCc1ccc(-c2ccc(C3CCC4CC(C=C)CCC4C3)c(F)c2F)cc1F. The Labute approximate surface area is 183 Å². The Morgan fingerprint density at radius 3 is 2.39 bits per heavy atom. The Kier molecular flexibility index (Phi) is 6.69. The van der Waals surface area contributed by atoms with Gasteiger partial charge in [-0.2, -0.15) is 0 Å². The normalized spacial score (nSPS) is 25.6. The number of hydrogen-bond acceptors (Lipinski definition) is 0. The zero-order valence-corrected chi connectivity index (χ0v) is 18.1. The molecule has 0 saturated heterocycles. The summed E-state index contributed by atoms with van der Waals surface area (Å²) in [6.07, 6.45) is 11.4. The van der Waals surface area contributed by atoms with Crippen LogP contribution in [0.4, 0.5) is 13.2 Å². The molecular weight excluding hydrogens is 393 g/mol. The lowest BCUT2D eigenvalue weighted by Gasteiger charge is -2.41. The van der Waals surface area contributed by atoms with Crippen LogP contribution < -0.4 is 0 Å². The minimum atomic E-state index is -0.867. The van der Waals surface area contributed by atoms with Crippen LogP contribution in [0.25, 0.3) is 11.1 Å². The molecule has 0 heterocycles. The highest BCUT2D eigenvalue weighted by atomic mass is 19.2. The van der Waals surface area contributed by atoms with Gasteiger partial charge < -0.3 is 0 Å². The summed E-state index contributed by atoms with van der Waals surface area (Å²) in [6.45, 7) is 7.59. The average molecular weight is 425 g/mol. The molecule has 2 saturated carbocycles. The number of hydrogen-bond donors (Lipinski definition) is 0. The molecule has 4 rings (SSSR count). The van der Waals surface area contributed by atoms with Crippen LogP contribution in [0, 0.1) is 35.2 Å². The Morgan fingerprint density at radius 1 is 0.871 bits per heavy atom. The van der Waals surface area contributed by atoms with Crippen LogP contribution in [0.2, 0.25) is 0 Å². The third-order valence-electron chi connectivity index (χ3n) is 7.52. The third kappa shape index (κ3) is 4.51. The van der Waals surface area contributed by atoms with Gasteiger partial charge >= 0.3 is 0 Å². The van der Waals surface area contributed by atoms with Gasteiger partial charge in [0.2, 0.25) is 0 Å². The van der Waals surface area contributed by atoms with Gasteiger partial charge in [-0.15, -0.1) is 13.2 Å². The van der Waals surface area contributed by atoms with Crippen molar-refractivity contribution in [2.75, 3.05) is 0 Å². The van der Waals surface area contributed by atoms with Gasteiger partial charge in [-0.1, -0.05) is 36.4 Å². The fourth-order valence-corrected chi connectivity index (χ4v) is 5.70. The molecule has 0 radical (unpaired) electrons. The van der Waals surface area contributed by atoms with E-state index in [1.807, 2.05) is 0 Å². The molecule has 31 heavy (non-hydrogen) atoms. The summed E-state index contributed by atoms with van der Waals surface area (Å²) >= 11 is 0. The van der Waals surface area contributed by atoms with Crippen molar-refractivity contribution in [2.24, 2.45) is 17.8 Å². The van der Waals surface area contributed by atoms with Gasteiger partial charge in [-0.05, 0) is 97.8 Å². The molecule has 0 spiro atoms. The molecule has 2 aromatic rings. The molecule has 0 aromatic heterocycles. The second-order valence-corrected chi connectivity index (χ2v) is 9.30. The van der Waals surface area contributed by atoms with Crippen LogP contribution in [-0.4, -0.2) is 0 Å². The summed E-state index contributed by atoms with van der Waals surface area (Å²) in [7, 11) is 0. The predicted octanol–water partition coefficient (Wildman–Crippen LogP) is 8.38. The molecular formula is C28H31F3. The zero-order chi connectivity index (χ0) is 22.0. The van der Waals surface area contributed by atoms with Crippen molar-refractivity contribution < 1.29 is 13.2 Å². The van der Waals surface area contributed by atoms with Crippen LogP contribution >= 0.6 is 0 Å². The second-order valence-electron chi connectivity index (χ2n) is 9.30. The minimum absolute atomic E-state index is 0.0584. The molecule has 2 aliphatic rings. The van der Waals surface area contributed by atoms with E-state index in [1.165, 1.54) is 12.5 Å². The number of aryl methyl sites for hydroxylation is 1. The van der Waals surface area contributed by atoms with Gasteiger partial charge in [0, 0.05) is 5.56 Å². The molecule has 2 fully saturated rings. The van der Waals surface area contributed by atoms with Gasteiger partial charge in [0.1, 0.15) is 5.82 Å². The molecule has 3 heteroatoms. The standard InChI is InChI=1S/C28H31F3/c1-3-5-6-19-9-11-23(17-26(19)29)25-14-13-24(27(30)28(25)31)22-12-10-20-15-18(4-2)7-8-21(20)16-22/h3-4,9,11,13-14,17-18,20-22H,1-2,5-8,10,12,15-16H2. The minimum Gasteiger partial charge on any atom is -0.207 e. The largest absolute Gasteiger partial charge is 0.207 e. The third-order valence-corrected chi connectivity index (χ3v) is 7.52. The van der Waals surface area contributed by atoms with Crippen molar-refractivity contribution in [3.63, 3.8) is 0 Å². The van der Waals surface area contributed by atoms with Crippen LogP contribution in [0.1, 0.15) is 62.0 Å². The molecule has 0 nitrogen and oxygen atoms in total. The zero-order valence-electron chi connectivity index (χ0n) is 18.1. The monoisotopic (exact) mass is 424 g/mol. The van der Waals surface area contributed by atoms with E-state index in [9.17, 15) is 4.39 Å². The van der Waals surface area contributed by atoms with Crippen LogP contribution in [0.3, 0.4) is 0 Å². The lowest BCUT2D eigenvalue weighted by atomic mass is 9.64. The van der Waals surface area contributed by atoms with Crippen LogP contribution in [-0.2, 0) is 6.42 Å². The topological polar surface area (TPSA) is 0 Å². The predicted molar refractivity (Wildman–Crippen MR) is 121 cm³/mol. The number of benzene rings is 2. The maximum atomic E-state index is 15.1. The fourth-order valence-electron chi connectivity index (χ4n) is 5.70. The molecule has 2 aliphatic carbocycles. The number of rotatable bonds is 6. The number of allylic oxidation sites excluding steroid dienone is 2. The Bertz CT molecular complexity index is 961. The first-order valence-electron chi connectivity index (χ1n) is 11.5. The van der Waals surface area contributed by atoms with E-state index in [0.717, 1.165) is 32.1 Å². The van der Waals surface area contributed by atoms with Crippen molar-refractivity contribution in [3.05, 3.63) is 84.2 Å². The molecule has 4 atom stereocenters. The lowest BCUT2D eigenvalue weighted by Crippen LogP contribution is -2.30. The van der Waals surface area contributed by atoms with Crippen LogP contribution in [0.15, 0.2) is 55.6 Å². The number of halogens is 3. The Hall–Kier alpha value is -2.29. The summed E-state index contributed by atoms with van der Waals surface area (Å²) in [5, 5.41) is 0. The average Bonchev–Trinajstić information content (AvgIpc) is 2.79. The molecule has 4 unspecified atom stereocenters. The van der Waals surface area contributed by atoms with E-state index < -0.39 is 17.5 Å². The van der Waals surface area contributed by atoms with E-state index in [0.29, 0.717) is 47.3 Å². The van der Waals surface area contributed by atoms with Crippen LogP contribution in [0.5, 0.6) is 0 Å². The highest BCUT2D eigenvalue weighted by molar-refractivity contribution is 5.65. The summed E-state index contributed by atoms with van der Waals surface area (Å²) in [5.74, 6) is -0.0863. The lowest BCUT2D eigenvalue weighted by molar-refractivity contribution is 0.132. The highest BCUT2D eigenvalue weighted by Gasteiger charge is 2.36. The van der Waals surface area contributed by atoms with Crippen molar-refractivity contribution >= 4 is 0 Å². The van der Waals surface area contributed by atoms with Crippen molar-refractivity contribution in [2.45, 2.75) is 57.3 Å². The molecule has 2 aromatic carbocycles. The summed E-state index contributed by atoms with van der Waals surface area (Å²) < 4.78 is 44.6. The van der Waals surface area contributed by atoms with Crippen molar-refractivity contribution in [3.8, 4) is 11.1 Å². The van der Waals surface area contributed by atoms with Gasteiger partial charge in [-0.3, -0.25) is 0 Å². The van der Waals surface area contributed by atoms with E-state index in [2.05, 4.69) is 19.2 Å². The molecule has 0 bridgehead atoms. The summed E-state index contributed by atoms with van der Waals surface area (Å²) in [6, 6.07) is 7.96. The van der Waals surface area contributed by atoms with Gasteiger partial charge in [-0.25, -0.2) is 13.2 Å². The quantitative estimate of drug-likeness (QED) is 0.409. The summed E-state index contributed by atoms with van der Waals surface area (Å²) in [4.78, 5) is 0. The van der Waals surface area contributed by atoms with E-state index >= 15 is 8.78 Å². The van der Waals surface area contributed by atoms with Gasteiger partial charge in [0.25, 0.3) is 0 Å². The van der Waals surface area contributed by atoms with E-state index in [1.54, 1.807) is 30.3 Å². The Morgan fingerprint density at radius 2 is 1.65 bits per heavy atom. The molecule has 0 amide bonds. The molecule has 0 aliphatic heterocycles. The summed E-state index contributed by atoms with van der Waals surface area (Å²) in [5.41, 5.74) is 1.53. The van der Waals surface area contributed by atoms with Crippen molar-refractivity contribution in [1.29, 1.82) is 0 Å². The fraction of sp³-hybridized carbons (Fsp3) is 0.429. The van der Waals surface area contributed by atoms with Gasteiger partial charge in [0.05, 0.1) is 0 Å². The molecule has 0 N–H and O–H groups in total. The number of fused-ring (bicyclic) bond motifs is 1. The highest BCUT2D eigenvalue weighted by Crippen LogP contribution is 2.48. The van der Waals surface area contributed by atoms with E-state index in [4.69, 9.17) is 0 Å².